The molecular formula is C134H140. The highest BCUT2D eigenvalue weighted by Gasteiger charge is 2.58. The number of fused-ring (bicyclic) bond motifs is 23. The molecule has 0 bridgehead atoms. The van der Waals surface area contributed by atoms with E-state index >= 15 is 0 Å². The second kappa shape index (κ2) is 35.7. The van der Waals surface area contributed by atoms with Crippen LogP contribution in [0.3, 0.4) is 0 Å². The van der Waals surface area contributed by atoms with Crippen LogP contribution in [0.5, 0.6) is 0 Å². The Labute approximate surface area is 802 Å². The fourth-order valence-electron chi connectivity index (χ4n) is 24.4. The fourth-order valence-corrected chi connectivity index (χ4v) is 24.4. The highest BCUT2D eigenvalue weighted by atomic mass is 14.6. The summed E-state index contributed by atoms with van der Waals surface area (Å²) in [6, 6.07) is 120. The van der Waals surface area contributed by atoms with Gasteiger partial charge in [0, 0.05) is 16.2 Å². The van der Waals surface area contributed by atoms with Gasteiger partial charge in [0.1, 0.15) is 0 Å². The third-order valence-corrected chi connectivity index (χ3v) is 31.4. The van der Waals surface area contributed by atoms with Gasteiger partial charge in [0.25, 0.3) is 0 Å². The van der Waals surface area contributed by atoms with Crippen molar-refractivity contribution >= 4 is 64.6 Å². The molecule has 676 valence electrons. The van der Waals surface area contributed by atoms with Crippen molar-refractivity contribution in [1.82, 2.24) is 0 Å². The van der Waals surface area contributed by atoms with Crippen LogP contribution in [0, 0.1) is 113 Å². The molecule has 0 N–H and O–H groups in total. The lowest BCUT2D eigenvalue weighted by Gasteiger charge is -2.53. The summed E-state index contributed by atoms with van der Waals surface area (Å²) in [6.07, 6.45) is 2.67. The molecule has 23 rings (SSSR count). The minimum absolute atomic E-state index is 0.0166. The maximum atomic E-state index is 2.43. The first-order chi connectivity index (χ1) is 63.6. The van der Waals surface area contributed by atoms with Gasteiger partial charge in [-0.25, -0.2) is 0 Å². The molecule has 1 saturated carbocycles. The van der Waals surface area contributed by atoms with Gasteiger partial charge in [0.15, 0.2) is 0 Å². The van der Waals surface area contributed by atoms with Crippen LogP contribution in [0.2, 0.25) is 0 Å². The Morgan fingerprint density at radius 3 is 0.799 bits per heavy atom. The molecule has 0 radical (unpaired) electrons. The zero-order chi connectivity index (χ0) is 95.4. The minimum Gasteiger partial charge on any atom is -0.0622 e. The van der Waals surface area contributed by atoms with Gasteiger partial charge in [-0.05, 0) is 307 Å². The average molecular weight is 1750 g/mol. The average Bonchev–Trinajstić information content (AvgIpc) is 1.53. The summed E-state index contributed by atoms with van der Waals surface area (Å²) in [7, 11) is 0. The Kier molecular flexibility index (Phi) is 24.9. The van der Waals surface area contributed by atoms with Crippen LogP contribution >= 0.6 is 0 Å². The largest absolute Gasteiger partial charge is 0.0622 e. The third kappa shape index (κ3) is 16.7. The predicted molar refractivity (Wildman–Crippen MR) is 585 cm³/mol. The SMILES string of the molecule is Cc1ccc2c(c1)C(C(C)(C)C)(C(C)(C)C)c1cc(C)ccc1-2.Cc1ccc2c(c1)C(C(C)C)(C(C)C)c1cc(C)ccc1-2.Cc1ccc2c(c1)C(C)(C)C(C)(C)c1cc(C)ccc1-2.Cc1ccc2c(c1)C1(CC1)c1ccccc1-2.Cc1ccc2c(c1)cc(-c1ccccc1)c1cc(C)ccc12.Cc1ccc2c(ccc3cc(C)ccc32)c1.Cc1ccc2c(ccc3cc(C)ccc32)c1. The summed E-state index contributed by atoms with van der Waals surface area (Å²) in [5.41, 5.74) is 44.8. The maximum absolute atomic E-state index is 2.43. The third-order valence-electron chi connectivity index (χ3n) is 31.4. The number of hydrogen-bond donors (Lipinski definition) is 0. The topological polar surface area (TPSA) is 0 Å². The van der Waals surface area contributed by atoms with E-state index in [0.717, 1.165) is 0 Å². The molecule has 0 unspecified atom stereocenters. The lowest BCUT2D eigenvalue weighted by atomic mass is 9.50. The number of aryl methyl sites for hydroxylation is 13. The summed E-state index contributed by atoms with van der Waals surface area (Å²) in [5, 5.41) is 16.0. The smallest absolute Gasteiger partial charge is 0.0311 e. The van der Waals surface area contributed by atoms with Crippen LogP contribution in [-0.2, 0) is 27.1 Å². The van der Waals surface area contributed by atoms with E-state index in [1.54, 1.807) is 11.1 Å². The van der Waals surface area contributed by atoms with Gasteiger partial charge < -0.3 is 0 Å². The van der Waals surface area contributed by atoms with E-state index in [4.69, 9.17) is 0 Å². The van der Waals surface area contributed by atoms with Crippen LogP contribution in [0.4, 0.5) is 0 Å². The van der Waals surface area contributed by atoms with Crippen molar-refractivity contribution in [1.29, 1.82) is 0 Å². The van der Waals surface area contributed by atoms with Gasteiger partial charge in [-0.3, -0.25) is 0 Å². The molecule has 0 aliphatic heterocycles. The van der Waals surface area contributed by atoms with Crippen LogP contribution in [0.1, 0.15) is 227 Å². The Balaban J connectivity index is 0.000000109. The molecule has 0 heterocycles. The summed E-state index contributed by atoms with van der Waals surface area (Å²) in [4.78, 5) is 0. The Hall–Kier alpha value is -12.5. The van der Waals surface area contributed by atoms with Crippen molar-refractivity contribution in [3.8, 4) is 55.6 Å². The van der Waals surface area contributed by atoms with E-state index in [0.29, 0.717) is 17.3 Å². The number of rotatable bonds is 3. The van der Waals surface area contributed by atoms with Gasteiger partial charge in [0.05, 0.1) is 0 Å². The first-order valence-electron chi connectivity index (χ1n) is 49.3. The molecule has 0 aromatic heterocycles. The van der Waals surface area contributed by atoms with Gasteiger partial charge in [-0.2, -0.15) is 0 Å². The molecule has 0 heteroatoms. The van der Waals surface area contributed by atoms with Gasteiger partial charge in [0.2, 0.25) is 0 Å². The predicted octanol–water partition coefficient (Wildman–Crippen LogP) is 37.6. The van der Waals surface area contributed by atoms with E-state index < -0.39 is 0 Å². The van der Waals surface area contributed by atoms with Crippen LogP contribution in [-0.4, -0.2) is 0 Å². The molecule has 18 aromatic carbocycles. The maximum Gasteiger partial charge on any atom is 0.0311 e. The molecule has 5 aliphatic carbocycles. The van der Waals surface area contributed by atoms with Crippen molar-refractivity contribution in [2.45, 2.75) is 227 Å². The van der Waals surface area contributed by atoms with Crippen molar-refractivity contribution < 1.29 is 0 Å². The van der Waals surface area contributed by atoms with Crippen LogP contribution < -0.4 is 0 Å². The zero-order valence-electron chi connectivity index (χ0n) is 85.2. The Bertz CT molecular complexity index is 7150. The van der Waals surface area contributed by atoms with Crippen LogP contribution in [0.25, 0.3) is 120 Å². The molecule has 0 saturated heterocycles. The lowest BCUT2D eigenvalue weighted by molar-refractivity contribution is 0.0949. The molecule has 0 nitrogen and oxygen atoms in total. The highest BCUT2D eigenvalue weighted by molar-refractivity contribution is 6.14. The molecule has 1 fully saturated rings. The van der Waals surface area contributed by atoms with Crippen LogP contribution in [0.15, 0.2) is 322 Å². The summed E-state index contributed by atoms with van der Waals surface area (Å²) < 4.78 is 0. The second-order valence-electron chi connectivity index (χ2n) is 44.2. The standard InChI is InChI=1S/C23H30.C22H18.C21H26.C20H24.3C16H14/c1-15-9-11-17-18-12-10-16(2)14-20(18)23(19(17)13-15,21(3,4)5)22(6,7)8;1-15-8-10-19-18(12-15)14-21(17-6-4-3-5-7-17)22-13-16(2)9-11-20(19)22;1-13(2)21(14(3)4)19-11-15(5)7-9-17(19)18-10-8-16(6)12-20(18)21;1-13-7-9-15-16-10-8-14(2)12-18(16)20(5,6)19(3,4)17(15)11-13;1-11-6-7-13-12-4-2-3-5-14(12)16(8-9-16)15(13)10-11;2*1-11-3-7-15-13(9-11)5-6-14-10-12(2)4-8-16(14)15/h9-14H,1-8H3;3-14H,1-2H3;7-14H,1-6H3;7-12H,1-6H3;2-7,10H,8-9H2,1H3;2*3-10H,1-2H3. The first kappa shape index (κ1) is 93.3. The van der Waals surface area contributed by atoms with Crippen molar-refractivity contribution in [3.63, 3.8) is 0 Å². The van der Waals surface area contributed by atoms with E-state index in [1.165, 1.54) is 239 Å². The Morgan fingerprint density at radius 2 is 0.455 bits per heavy atom. The van der Waals surface area contributed by atoms with E-state index in [1.807, 2.05) is 0 Å². The van der Waals surface area contributed by atoms with E-state index in [9.17, 15) is 0 Å². The molecule has 5 aliphatic rings. The van der Waals surface area contributed by atoms with E-state index in [-0.39, 0.29) is 32.5 Å². The number of benzene rings is 18. The first-order valence-corrected chi connectivity index (χ1v) is 49.3. The molecule has 0 atom stereocenters. The molecule has 1 spiro atoms. The molecular weight excluding hydrogens is 1610 g/mol. The van der Waals surface area contributed by atoms with Gasteiger partial charge in [-0.1, -0.05) is 485 Å². The Morgan fingerprint density at radius 1 is 0.201 bits per heavy atom. The summed E-state index contributed by atoms with van der Waals surface area (Å²) in [6.45, 7) is 61.8. The van der Waals surface area contributed by atoms with E-state index in [2.05, 4.69) is 508 Å². The normalized spacial score (nSPS) is 14.6. The van der Waals surface area contributed by atoms with Crippen molar-refractivity contribution in [3.05, 3.63) is 438 Å². The highest BCUT2D eigenvalue weighted by Crippen LogP contribution is 2.66. The second-order valence-corrected chi connectivity index (χ2v) is 44.2. The minimum atomic E-state index is 0.0166. The summed E-state index contributed by atoms with van der Waals surface area (Å²) >= 11 is 0. The lowest BCUT2D eigenvalue weighted by Crippen LogP contribution is -2.50. The monoisotopic (exact) mass is 1750 g/mol. The molecule has 134 heavy (non-hydrogen) atoms. The number of hydrogen-bond acceptors (Lipinski definition) is 0. The van der Waals surface area contributed by atoms with Crippen molar-refractivity contribution in [2.24, 2.45) is 22.7 Å². The molecule has 0 amide bonds. The van der Waals surface area contributed by atoms with Gasteiger partial charge in [-0.15, -0.1) is 0 Å². The van der Waals surface area contributed by atoms with Gasteiger partial charge >= 0.3 is 0 Å². The van der Waals surface area contributed by atoms with Crippen molar-refractivity contribution in [2.75, 3.05) is 0 Å². The quantitative estimate of drug-likeness (QED) is 0.155. The fraction of sp³-hybridized carbons (Fsp3) is 0.284. The zero-order valence-corrected chi connectivity index (χ0v) is 85.2. The summed E-state index contributed by atoms with van der Waals surface area (Å²) in [5.74, 6) is 1.17. The molecule has 18 aromatic rings.